The predicted molar refractivity (Wildman–Crippen MR) is 80.2 cm³/mol. The van der Waals surface area contributed by atoms with Crippen molar-refractivity contribution in [3.05, 3.63) is 40.5 Å². The summed E-state index contributed by atoms with van der Waals surface area (Å²) in [7, 11) is 0. The molecule has 0 aliphatic carbocycles. The lowest BCUT2D eigenvalue weighted by Crippen LogP contribution is -2.03. The van der Waals surface area contributed by atoms with Gasteiger partial charge in [-0.05, 0) is 30.9 Å². The van der Waals surface area contributed by atoms with E-state index in [9.17, 15) is 0 Å². The lowest BCUT2D eigenvalue weighted by molar-refractivity contribution is 0.635. The summed E-state index contributed by atoms with van der Waals surface area (Å²) >= 11 is 6.14. The van der Waals surface area contributed by atoms with Gasteiger partial charge in [0.05, 0.1) is 0 Å². The SMILES string of the molecule is Cc1ccc(-c2nc(N)cc(CC(C)C)n2)cc1Cl. The minimum Gasteiger partial charge on any atom is -0.384 e. The van der Waals surface area contributed by atoms with Crippen molar-refractivity contribution in [3.63, 3.8) is 0 Å². The molecule has 100 valence electrons. The molecule has 2 aromatic rings. The number of benzene rings is 1. The van der Waals surface area contributed by atoms with E-state index < -0.39 is 0 Å². The third-order valence-electron chi connectivity index (χ3n) is 2.85. The van der Waals surface area contributed by atoms with Crippen LogP contribution in [0.4, 0.5) is 5.82 Å². The van der Waals surface area contributed by atoms with Crippen LogP contribution in [-0.2, 0) is 6.42 Å². The van der Waals surface area contributed by atoms with E-state index >= 15 is 0 Å². The minimum absolute atomic E-state index is 0.498. The molecule has 3 nitrogen and oxygen atoms in total. The first kappa shape index (κ1) is 13.8. The molecular formula is C15H18ClN3. The van der Waals surface area contributed by atoms with Gasteiger partial charge in [0, 0.05) is 22.3 Å². The molecule has 0 saturated heterocycles. The van der Waals surface area contributed by atoms with E-state index in [1.807, 2.05) is 31.2 Å². The van der Waals surface area contributed by atoms with E-state index in [1.165, 1.54) is 0 Å². The van der Waals surface area contributed by atoms with E-state index in [0.717, 1.165) is 23.2 Å². The van der Waals surface area contributed by atoms with Gasteiger partial charge in [0.25, 0.3) is 0 Å². The van der Waals surface area contributed by atoms with Crippen LogP contribution in [0.5, 0.6) is 0 Å². The fraction of sp³-hybridized carbons (Fsp3) is 0.333. The van der Waals surface area contributed by atoms with E-state index in [-0.39, 0.29) is 0 Å². The highest BCUT2D eigenvalue weighted by Gasteiger charge is 2.08. The Balaban J connectivity index is 2.43. The Morgan fingerprint density at radius 2 is 1.95 bits per heavy atom. The number of nitrogens with two attached hydrogens (primary N) is 1. The van der Waals surface area contributed by atoms with Crippen molar-refractivity contribution < 1.29 is 0 Å². The highest BCUT2D eigenvalue weighted by Crippen LogP contribution is 2.24. The van der Waals surface area contributed by atoms with Gasteiger partial charge in [-0.3, -0.25) is 0 Å². The molecule has 1 heterocycles. The van der Waals surface area contributed by atoms with Crippen LogP contribution in [0.3, 0.4) is 0 Å². The fourth-order valence-electron chi connectivity index (χ4n) is 1.90. The van der Waals surface area contributed by atoms with Crippen LogP contribution in [0.1, 0.15) is 25.1 Å². The van der Waals surface area contributed by atoms with E-state index in [4.69, 9.17) is 17.3 Å². The largest absolute Gasteiger partial charge is 0.384 e. The molecule has 0 unspecified atom stereocenters. The zero-order valence-corrected chi connectivity index (χ0v) is 12.2. The van der Waals surface area contributed by atoms with Crippen LogP contribution >= 0.6 is 11.6 Å². The summed E-state index contributed by atoms with van der Waals surface area (Å²) in [6.07, 6.45) is 0.888. The Hall–Kier alpha value is -1.61. The van der Waals surface area contributed by atoms with E-state index in [0.29, 0.717) is 22.6 Å². The summed E-state index contributed by atoms with van der Waals surface area (Å²) in [4.78, 5) is 8.86. The van der Waals surface area contributed by atoms with Gasteiger partial charge in [0.15, 0.2) is 5.82 Å². The Labute approximate surface area is 118 Å². The van der Waals surface area contributed by atoms with Gasteiger partial charge in [-0.25, -0.2) is 9.97 Å². The lowest BCUT2D eigenvalue weighted by atomic mass is 10.1. The molecule has 1 aromatic carbocycles. The Morgan fingerprint density at radius 3 is 2.58 bits per heavy atom. The molecule has 0 aliphatic heterocycles. The number of nitrogens with zero attached hydrogens (tertiary/aromatic N) is 2. The van der Waals surface area contributed by atoms with Gasteiger partial charge in [0.1, 0.15) is 5.82 Å². The number of hydrogen-bond donors (Lipinski definition) is 1. The molecule has 1 aromatic heterocycles. The van der Waals surface area contributed by atoms with Gasteiger partial charge in [0.2, 0.25) is 0 Å². The van der Waals surface area contributed by atoms with Crippen molar-refractivity contribution in [2.75, 3.05) is 5.73 Å². The highest BCUT2D eigenvalue weighted by molar-refractivity contribution is 6.31. The predicted octanol–water partition coefficient (Wildman–Crippen LogP) is 3.89. The lowest BCUT2D eigenvalue weighted by Gasteiger charge is -2.08. The monoisotopic (exact) mass is 275 g/mol. The zero-order chi connectivity index (χ0) is 14.0. The summed E-state index contributed by atoms with van der Waals surface area (Å²) in [6.45, 7) is 6.28. The molecule has 4 heteroatoms. The summed E-state index contributed by atoms with van der Waals surface area (Å²) in [5.41, 5.74) is 8.76. The van der Waals surface area contributed by atoms with Crippen LogP contribution in [0.25, 0.3) is 11.4 Å². The standard InChI is InChI=1S/C15H18ClN3/c1-9(2)6-12-8-14(17)19-15(18-12)11-5-4-10(3)13(16)7-11/h4-5,7-9H,6H2,1-3H3,(H2,17,18,19). The summed E-state index contributed by atoms with van der Waals surface area (Å²) in [5.74, 6) is 1.67. The topological polar surface area (TPSA) is 51.8 Å². The number of aryl methyl sites for hydroxylation is 1. The number of hydrogen-bond acceptors (Lipinski definition) is 3. The zero-order valence-electron chi connectivity index (χ0n) is 11.4. The van der Waals surface area contributed by atoms with Crippen LogP contribution < -0.4 is 5.73 Å². The van der Waals surface area contributed by atoms with Gasteiger partial charge in [-0.2, -0.15) is 0 Å². The molecule has 0 fully saturated rings. The number of nitrogen functional groups attached to an aromatic ring is 1. The van der Waals surface area contributed by atoms with Gasteiger partial charge < -0.3 is 5.73 Å². The second kappa shape index (κ2) is 5.57. The maximum absolute atomic E-state index is 6.14. The summed E-state index contributed by atoms with van der Waals surface area (Å²) in [5, 5.41) is 0.717. The Morgan fingerprint density at radius 1 is 1.21 bits per heavy atom. The normalized spacial score (nSPS) is 11.0. The number of aromatic nitrogens is 2. The van der Waals surface area contributed by atoms with Gasteiger partial charge in [-0.15, -0.1) is 0 Å². The molecular weight excluding hydrogens is 258 g/mol. The van der Waals surface area contributed by atoms with E-state index in [2.05, 4.69) is 23.8 Å². The number of halogens is 1. The third-order valence-corrected chi connectivity index (χ3v) is 3.25. The van der Waals surface area contributed by atoms with Crippen molar-refractivity contribution in [2.24, 2.45) is 5.92 Å². The maximum atomic E-state index is 6.14. The average molecular weight is 276 g/mol. The van der Waals surface area contributed by atoms with Crippen LogP contribution in [0.2, 0.25) is 5.02 Å². The molecule has 0 amide bonds. The minimum atomic E-state index is 0.498. The molecule has 0 spiro atoms. The van der Waals surface area contributed by atoms with Crippen molar-refractivity contribution >= 4 is 17.4 Å². The molecule has 2 N–H and O–H groups in total. The van der Waals surface area contributed by atoms with Crippen LogP contribution in [0.15, 0.2) is 24.3 Å². The van der Waals surface area contributed by atoms with Gasteiger partial charge >= 0.3 is 0 Å². The molecule has 0 bridgehead atoms. The fourth-order valence-corrected chi connectivity index (χ4v) is 2.08. The first-order chi connectivity index (χ1) is 8.95. The summed E-state index contributed by atoms with van der Waals surface area (Å²) < 4.78 is 0. The molecule has 2 rings (SSSR count). The van der Waals surface area contributed by atoms with Crippen molar-refractivity contribution in [3.8, 4) is 11.4 Å². The smallest absolute Gasteiger partial charge is 0.161 e. The first-order valence-electron chi connectivity index (χ1n) is 6.35. The molecule has 0 aliphatic rings. The van der Waals surface area contributed by atoms with Gasteiger partial charge in [-0.1, -0.05) is 37.6 Å². The number of rotatable bonds is 3. The van der Waals surface area contributed by atoms with Crippen LogP contribution in [-0.4, -0.2) is 9.97 Å². The third kappa shape index (κ3) is 3.44. The second-order valence-corrected chi connectivity index (χ2v) is 5.58. The molecule has 0 atom stereocenters. The van der Waals surface area contributed by atoms with Crippen molar-refractivity contribution in [1.82, 2.24) is 9.97 Å². The average Bonchev–Trinajstić information content (AvgIpc) is 2.31. The second-order valence-electron chi connectivity index (χ2n) is 5.17. The first-order valence-corrected chi connectivity index (χ1v) is 6.73. The highest BCUT2D eigenvalue weighted by atomic mass is 35.5. The van der Waals surface area contributed by atoms with Crippen molar-refractivity contribution in [1.29, 1.82) is 0 Å². The maximum Gasteiger partial charge on any atom is 0.161 e. The van der Waals surface area contributed by atoms with E-state index in [1.54, 1.807) is 0 Å². The quantitative estimate of drug-likeness (QED) is 0.925. The number of anilines is 1. The molecule has 19 heavy (non-hydrogen) atoms. The molecule has 0 saturated carbocycles. The molecule has 0 radical (unpaired) electrons. The summed E-state index contributed by atoms with van der Waals surface area (Å²) in [6, 6.07) is 7.64. The van der Waals surface area contributed by atoms with Crippen LogP contribution in [0, 0.1) is 12.8 Å². The van der Waals surface area contributed by atoms with Crippen molar-refractivity contribution in [2.45, 2.75) is 27.2 Å². The Bertz CT molecular complexity index is 594. The Kier molecular flexibility index (Phi) is 4.05.